The molecule has 0 amide bonds. The lowest BCUT2D eigenvalue weighted by Crippen LogP contribution is -2.39. The maximum atomic E-state index is 12.7. The van der Waals surface area contributed by atoms with Crippen LogP contribution in [0, 0.1) is 0 Å². The summed E-state index contributed by atoms with van der Waals surface area (Å²) in [6, 6.07) is 10.5. The Hall–Kier alpha value is -1.34. The van der Waals surface area contributed by atoms with Crippen molar-refractivity contribution < 1.29 is 8.42 Å². The molecule has 0 radical (unpaired) electrons. The number of aromatic nitrogens is 1. The van der Waals surface area contributed by atoms with Gasteiger partial charge in [-0.15, -0.1) is 0 Å². The number of aryl methyl sites for hydroxylation is 1. The first-order chi connectivity index (χ1) is 12.5. The number of halogens is 1. The van der Waals surface area contributed by atoms with Crippen molar-refractivity contribution in [3.63, 3.8) is 0 Å². The van der Waals surface area contributed by atoms with Crippen molar-refractivity contribution in [1.29, 1.82) is 0 Å². The molecule has 1 N–H and O–H groups in total. The number of likely N-dealkylation sites (tertiary alicyclic amines) is 1. The maximum Gasteiger partial charge on any atom is 0.240 e. The minimum atomic E-state index is -3.60. The largest absolute Gasteiger partial charge is 0.353 e. The van der Waals surface area contributed by atoms with Crippen LogP contribution in [0.4, 0.5) is 0 Å². The molecule has 142 valence electrons. The molecule has 5 nitrogen and oxygen atoms in total. The molecule has 0 spiro atoms. The molecular formula is C19H26ClN3O2S. The van der Waals surface area contributed by atoms with Crippen LogP contribution in [0.15, 0.2) is 47.5 Å². The van der Waals surface area contributed by atoms with Gasteiger partial charge >= 0.3 is 0 Å². The van der Waals surface area contributed by atoms with Gasteiger partial charge in [-0.3, -0.25) is 4.90 Å². The quantitative estimate of drug-likeness (QED) is 0.813. The normalized spacial score (nSPS) is 17.8. The van der Waals surface area contributed by atoms with E-state index in [1.54, 1.807) is 18.2 Å². The lowest BCUT2D eigenvalue weighted by atomic mass is 10.1. The third-order valence-electron chi connectivity index (χ3n) is 4.98. The van der Waals surface area contributed by atoms with Gasteiger partial charge in [-0.1, -0.05) is 30.5 Å². The van der Waals surface area contributed by atoms with Crippen LogP contribution in [0.1, 0.15) is 37.4 Å². The Bertz CT molecular complexity index is 827. The van der Waals surface area contributed by atoms with Crippen LogP contribution in [-0.2, 0) is 17.1 Å². The minimum Gasteiger partial charge on any atom is -0.353 e. The van der Waals surface area contributed by atoms with Gasteiger partial charge in [-0.05, 0) is 56.3 Å². The highest BCUT2D eigenvalue weighted by molar-refractivity contribution is 7.89. The molecule has 1 aromatic carbocycles. The molecule has 1 unspecified atom stereocenters. The fourth-order valence-electron chi connectivity index (χ4n) is 3.55. The van der Waals surface area contributed by atoms with Crippen molar-refractivity contribution >= 4 is 21.6 Å². The summed E-state index contributed by atoms with van der Waals surface area (Å²) in [4.78, 5) is 2.61. The highest BCUT2D eigenvalue weighted by Gasteiger charge is 2.25. The van der Waals surface area contributed by atoms with Crippen LogP contribution in [-0.4, -0.2) is 37.5 Å². The smallest absolute Gasteiger partial charge is 0.240 e. The minimum absolute atomic E-state index is 0.0158. The van der Waals surface area contributed by atoms with Gasteiger partial charge in [-0.25, -0.2) is 13.1 Å². The van der Waals surface area contributed by atoms with E-state index < -0.39 is 10.0 Å². The van der Waals surface area contributed by atoms with Crippen LogP contribution >= 0.6 is 11.6 Å². The van der Waals surface area contributed by atoms with E-state index in [4.69, 9.17) is 11.6 Å². The van der Waals surface area contributed by atoms with Crippen molar-refractivity contribution in [2.75, 3.05) is 19.6 Å². The molecule has 1 aromatic heterocycles. The summed E-state index contributed by atoms with van der Waals surface area (Å²) in [6.45, 7) is 2.33. The second kappa shape index (κ2) is 8.57. The van der Waals surface area contributed by atoms with E-state index in [1.807, 2.05) is 19.3 Å². The monoisotopic (exact) mass is 395 g/mol. The van der Waals surface area contributed by atoms with Gasteiger partial charge in [0, 0.05) is 30.5 Å². The van der Waals surface area contributed by atoms with Gasteiger partial charge in [0.15, 0.2) is 0 Å². The number of hydrogen-bond donors (Lipinski definition) is 1. The third-order valence-corrected chi connectivity index (χ3v) is 6.64. The van der Waals surface area contributed by atoms with E-state index in [9.17, 15) is 8.42 Å². The summed E-state index contributed by atoms with van der Waals surface area (Å²) in [5.41, 5.74) is 1.13. The topological polar surface area (TPSA) is 54.3 Å². The van der Waals surface area contributed by atoms with Gasteiger partial charge in [0.25, 0.3) is 0 Å². The fourth-order valence-corrected chi connectivity index (χ4v) is 4.89. The summed E-state index contributed by atoms with van der Waals surface area (Å²) in [5.74, 6) is 0. The lowest BCUT2D eigenvalue weighted by Gasteiger charge is -2.31. The Kier molecular flexibility index (Phi) is 6.40. The fraction of sp³-hybridized carbons (Fsp3) is 0.474. The lowest BCUT2D eigenvalue weighted by molar-refractivity contribution is 0.199. The molecule has 3 rings (SSSR count). The predicted molar refractivity (Wildman–Crippen MR) is 105 cm³/mol. The summed E-state index contributed by atoms with van der Waals surface area (Å²) in [7, 11) is -1.59. The number of benzene rings is 1. The Morgan fingerprint density at radius 1 is 1.12 bits per heavy atom. The Labute approximate surface area is 161 Å². The first-order valence-corrected chi connectivity index (χ1v) is 10.9. The van der Waals surface area contributed by atoms with E-state index in [2.05, 4.69) is 20.3 Å². The molecule has 0 bridgehead atoms. The molecule has 0 aliphatic carbocycles. The van der Waals surface area contributed by atoms with E-state index in [1.165, 1.54) is 18.9 Å². The molecule has 0 saturated carbocycles. The Morgan fingerprint density at radius 3 is 2.46 bits per heavy atom. The molecule has 7 heteroatoms. The molecule has 1 aliphatic rings. The summed E-state index contributed by atoms with van der Waals surface area (Å²) < 4.78 is 30.3. The standard InChI is InChI=1S/C19H26ClN3O2S/c1-22-11-7-10-18(22)19(23-12-4-2-3-5-13-23)15-21-26(24,25)17-9-6-8-16(20)14-17/h6-11,14,19,21H,2-5,12-13,15H2,1H3. The Morgan fingerprint density at radius 2 is 1.85 bits per heavy atom. The van der Waals surface area contributed by atoms with Crippen LogP contribution in [0.3, 0.4) is 0 Å². The van der Waals surface area contributed by atoms with Crippen LogP contribution in [0.5, 0.6) is 0 Å². The molecule has 2 aromatic rings. The van der Waals surface area contributed by atoms with Gasteiger partial charge in [0.1, 0.15) is 0 Å². The van der Waals surface area contributed by atoms with Crippen LogP contribution in [0.25, 0.3) is 0 Å². The number of sulfonamides is 1. The summed E-state index contributed by atoms with van der Waals surface area (Å²) in [5, 5.41) is 0.416. The zero-order chi connectivity index (χ0) is 18.6. The molecular weight excluding hydrogens is 370 g/mol. The van der Waals surface area contributed by atoms with Crippen molar-refractivity contribution in [1.82, 2.24) is 14.2 Å². The Balaban J connectivity index is 1.80. The SMILES string of the molecule is Cn1cccc1C(CNS(=O)(=O)c1cccc(Cl)c1)N1CCCCCC1. The highest BCUT2D eigenvalue weighted by Crippen LogP contribution is 2.25. The van der Waals surface area contributed by atoms with Crippen molar-refractivity contribution in [2.24, 2.45) is 7.05 Å². The van der Waals surface area contributed by atoms with E-state index in [0.29, 0.717) is 11.6 Å². The first kappa shape index (κ1) is 19.4. The van der Waals surface area contributed by atoms with Crippen molar-refractivity contribution in [2.45, 2.75) is 36.6 Å². The van der Waals surface area contributed by atoms with E-state index in [0.717, 1.165) is 31.6 Å². The number of nitrogens with one attached hydrogen (secondary N) is 1. The highest BCUT2D eigenvalue weighted by atomic mass is 35.5. The van der Waals surface area contributed by atoms with Gasteiger partial charge in [0.2, 0.25) is 10.0 Å². The van der Waals surface area contributed by atoms with E-state index >= 15 is 0 Å². The van der Waals surface area contributed by atoms with Gasteiger partial charge in [-0.2, -0.15) is 0 Å². The average Bonchev–Trinajstić information content (AvgIpc) is 2.86. The van der Waals surface area contributed by atoms with Crippen molar-refractivity contribution in [3.05, 3.63) is 53.3 Å². The van der Waals surface area contributed by atoms with Crippen molar-refractivity contribution in [3.8, 4) is 0 Å². The van der Waals surface area contributed by atoms with E-state index in [-0.39, 0.29) is 10.9 Å². The second-order valence-corrected chi connectivity index (χ2v) is 9.02. The van der Waals surface area contributed by atoms with Crippen LogP contribution < -0.4 is 4.72 Å². The average molecular weight is 396 g/mol. The second-order valence-electron chi connectivity index (χ2n) is 6.82. The van der Waals surface area contributed by atoms with Crippen LogP contribution in [0.2, 0.25) is 5.02 Å². The zero-order valence-electron chi connectivity index (χ0n) is 15.1. The molecule has 1 aliphatic heterocycles. The molecule has 1 fully saturated rings. The summed E-state index contributed by atoms with van der Waals surface area (Å²) in [6.07, 6.45) is 6.80. The zero-order valence-corrected chi connectivity index (χ0v) is 16.6. The molecule has 1 atom stereocenters. The molecule has 1 saturated heterocycles. The van der Waals surface area contributed by atoms with Gasteiger partial charge < -0.3 is 4.57 Å². The first-order valence-electron chi connectivity index (χ1n) is 9.08. The predicted octanol–water partition coefficient (Wildman–Crippen LogP) is 3.57. The summed E-state index contributed by atoms with van der Waals surface area (Å²) >= 11 is 5.95. The van der Waals surface area contributed by atoms with Gasteiger partial charge in [0.05, 0.1) is 10.9 Å². The molecule has 2 heterocycles. The number of rotatable bonds is 6. The number of hydrogen-bond acceptors (Lipinski definition) is 3. The third kappa shape index (κ3) is 4.68. The molecule has 26 heavy (non-hydrogen) atoms. The number of nitrogens with zero attached hydrogens (tertiary/aromatic N) is 2. The maximum absolute atomic E-state index is 12.7.